The first-order valence-corrected chi connectivity index (χ1v) is 10.5. The molecule has 0 saturated carbocycles. The first-order valence-electron chi connectivity index (χ1n) is 8.85. The van der Waals surface area contributed by atoms with E-state index in [-0.39, 0.29) is 11.5 Å². The number of para-hydroxylation sites is 1. The summed E-state index contributed by atoms with van der Waals surface area (Å²) in [5, 5.41) is 3.84. The lowest BCUT2D eigenvalue weighted by Crippen LogP contribution is -2.19. The molecule has 144 valence electrons. The maximum atomic E-state index is 12.9. The highest BCUT2D eigenvalue weighted by molar-refractivity contribution is 7.23. The maximum Gasteiger partial charge on any atom is 0.267 e. The van der Waals surface area contributed by atoms with Gasteiger partial charge in [0.1, 0.15) is 16.1 Å². The zero-order valence-electron chi connectivity index (χ0n) is 15.6. The highest BCUT2D eigenvalue weighted by Crippen LogP contribution is 2.33. The molecule has 0 spiro atoms. The summed E-state index contributed by atoms with van der Waals surface area (Å²) in [6.45, 7) is 6.66. The largest absolute Gasteiger partial charge is 0.492 e. The van der Waals surface area contributed by atoms with Gasteiger partial charge in [0.25, 0.3) is 11.5 Å². The van der Waals surface area contributed by atoms with Gasteiger partial charge in [-0.25, -0.2) is 9.97 Å². The van der Waals surface area contributed by atoms with Crippen molar-refractivity contribution in [2.75, 3.05) is 11.9 Å². The van der Waals surface area contributed by atoms with E-state index in [4.69, 9.17) is 4.74 Å². The van der Waals surface area contributed by atoms with Crippen LogP contribution in [0.25, 0.3) is 20.4 Å². The van der Waals surface area contributed by atoms with Crippen LogP contribution in [0.5, 0.6) is 5.75 Å². The lowest BCUT2D eigenvalue weighted by molar-refractivity contribution is 0.103. The normalized spacial score (nSPS) is 11.2. The molecule has 7 nitrogen and oxygen atoms in total. The summed E-state index contributed by atoms with van der Waals surface area (Å²) in [5.41, 5.74) is 1.25. The minimum absolute atomic E-state index is 0.123. The quantitative estimate of drug-likeness (QED) is 0.532. The Hall–Kier alpha value is -2.78. The van der Waals surface area contributed by atoms with Gasteiger partial charge >= 0.3 is 0 Å². The van der Waals surface area contributed by atoms with Crippen LogP contribution in [0, 0.1) is 6.92 Å². The van der Waals surface area contributed by atoms with Crippen LogP contribution in [-0.4, -0.2) is 27.0 Å². The maximum absolute atomic E-state index is 12.9. The SMILES string of the molecule is CCOc1cccc2sc(NC(=O)c3sc4ncn(CC)c(=O)c4c3C)nc12. The molecule has 0 atom stereocenters. The Morgan fingerprint density at radius 3 is 2.86 bits per heavy atom. The van der Waals surface area contributed by atoms with Gasteiger partial charge in [0.2, 0.25) is 0 Å². The molecule has 1 aromatic carbocycles. The summed E-state index contributed by atoms with van der Waals surface area (Å²) in [6.07, 6.45) is 1.52. The third kappa shape index (κ3) is 3.06. The van der Waals surface area contributed by atoms with Crippen LogP contribution in [0.2, 0.25) is 0 Å². The van der Waals surface area contributed by atoms with Gasteiger partial charge in [-0.1, -0.05) is 17.4 Å². The fourth-order valence-corrected chi connectivity index (χ4v) is 4.92. The Labute approximate surface area is 168 Å². The number of hydrogen-bond donors (Lipinski definition) is 1. The van der Waals surface area contributed by atoms with Gasteiger partial charge in [-0.05, 0) is 38.5 Å². The molecule has 3 aromatic heterocycles. The van der Waals surface area contributed by atoms with Crippen molar-refractivity contribution >= 4 is 54.1 Å². The van der Waals surface area contributed by atoms with Gasteiger partial charge in [0, 0.05) is 6.54 Å². The molecule has 28 heavy (non-hydrogen) atoms. The third-order valence-electron chi connectivity index (χ3n) is 4.37. The fourth-order valence-electron chi connectivity index (χ4n) is 3.00. The van der Waals surface area contributed by atoms with E-state index in [9.17, 15) is 9.59 Å². The number of anilines is 1. The second-order valence-corrected chi connectivity index (χ2v) is 8.11. The van der Waals surface area contributed by atoms with Crippen molar-refractivity contribution in [3.63, 3.8) is 0 Å². The first-order chi connectivity index (χ1) is 13.5. The molecule has 1 amide bonds. The van der Waals surface area contributed by atoms with Crippen molar-refractivity contribution in [1.82, 2.24) is 14.5 Å². The number of carbonyl (C=O) groups excluding carboxylic acids is 1. The van der Waals surface area contributed by atoms with Crippen LogP contribution in [0.4, 0.5) is 5.13 Å². The predicted molar refractivity (Wildman–Crippen MR) is 113 cm³/mol. The van der Waals surface area contributed by atoms with Crippen LogP contribution in [0.3, 0.4) is 0 Å². The monoisotopic (exact) mass is 414 g/mol. The second-order valence-electron chi connectivity index (χ2n) is 6.08. The van der Waals surface area contributed by atoms with Gasteiger partial charge in [0.05, 0.1) is 27.9 Å². The van der Waals surface area contributed by atoms with Crippen molar-refractivity contribution < 1.29 is 9.53 Å². The Morgan fingerprint density at radius 1 is 1.29 bits per heavy atom. The Kier molecular flexibility index (Phi) is 4.86. The summed E-state index contributed by atoms with van der Waals surface area (Å²) < 4.78 is 8.07. The van der Waals surface area contributed by atoms with E-state index in [1.165, 1.54) is 33.6 Å². The van der Waals surface area contributed by atoms with E-state index in [2.05, 4.69) is 15.3 Å². The molecule has 0 fully saturated rings. The third-order valence-corrected chi connectivity index (χ3v) is 6.50. The predicted octanol–water partition coefficient (Wildman–Crippen LogP) is 4.05. The minimum atomic E-state index is -0.292. The fraction of sp³-hybridized carbons (Fsp3) is 0.263. The number of carbonyl (C=O) groups is 1. The number of aryl methyl sites for hydroxylation is 2. The zero-order chi connectivity index (χ0) is 19.8. The number of hydrogen-bond acceptors (Lipinski definition) is 7. The van der Waals surface area contributed by atoms with Crippen molar-refractivity contribution in [1.29, 1.82) is 0 Å². The molecule has 4 aromatic rings. The van der Waals surface area contributed by atoms with Gasteiger partial charge in [-0.15, -0.1) is 11.3 Å². The van der Waals surface area contributed by atoms with Crippen LogP contribution in [0.15, 0.2) is 29.3 Å². The summed E-state index contributed by atoms with van der Waals surface area (Å²) in [6, 6.07) is 5.70. The van der Waals surface area contributed by atoms with Crippen LogP contribution < -0.4 is 15.6 Å². The summed E-state index contributed by atoms with van der Waals surface area (Å²) in [4.78, 5) is 35.3. The Bertz CT molecular complexity index is 1260. The van der Waals surface area contributed by atoms with Gasteiger partial charge < -0.3 is 4.74 Å². The summed E-state index contributed by atoms with van der Waals surface area (Å²) in [5.74, 6) is 0.402. The molecule has 3 heterocycles. The van der Waals surface area contributed by atoms with Crippen molar-refractivity contribution in [2.24, 2.45) is 0 Å². The number of ether oxygens (including phenoxy) is 1. The molecule has 0 aliphatic carbocycles. The summed E-state index contributed by atoms with van der Waals surface area (Å²) in [7, 11) is 0. The number of fused-ring (bicyclic) bond motifs is 2. The van der Waals surface area contributed by atoms with E-state index in [0.717, 1.165) is 10.2 Å². The zero-order valence-corrected chi connectivity index (χ0v) is 17.2. The topological polar surface area (TPSA) is 86.1 Å². The number of thiazole rings is 1. The lowest BCUT2D eigenvalue weighted by atomic mass is 10.2. The number of thiophene rings is 1. The summed E-state index contributed by atoms with van der Waals surface area (Å²) >= 11 is 2.60. The van der Waals surface area contributed by atoms with Gasteiger partial charge in [-0.3, -0.25) is 19.5 Å². The highest BCUT2D eigenvalue weighted by Gasteiger charge is 2.20. The molecule has 0 unspecified atom stereocenters. The molecular formula is C19H18N4O3S2. The van der Waals surface area contributed by atoms with Gasteiger partial charge in [0.15, 0.2) is 5.13 Å². The number of aromatic nitrogens is 3. The molecule has 0 aliphatic rings. The Morgan fingerprint density at radius 2 is 2.11 bits per heavy atom. The van der Waals surface area contributed by atoms with Crippen molar-refractivity contribution in [2.45, 2.75) is 27.3 Å². The van der Waals surface area contributed by atoms with Crippen LogP contribution in [0.1, 0.15) is 29.1 Å². The second kappa shape index (κ2) is 7.33. The molecule has 9 heteroatoms. The number of nitrogens with one attached hydrogen (secondary N) is 1. The molecule has 0 radical (unpaired) electrons. The lowest BCUT2D eigenvalue weighted by Gasteiger charge is -2.02. The average Bonchev–Trinajstić information content (AvgIpc) is 3.24. The number of rotatable bonds is 5. The van der Waals surface area contributed by atoms with E-state index < -0.39 is 0 Å². The van der Waals surface area contributed by atoms with Crippen LogP contribution in [-0.2, 0) is 6.54 Å². The Balaban J connectivity index is 1.70. The van der Waals surface area contributed by atoms with E-state index in [1.54, 1.807) is 6.92 Å². The van der Waals surface area contributed by atoms with Crippen molar-refractivity contribution in [3.8, 4) is 5.75 Å². The smallest absolute Gasteiger partial charge is 0.267 e. The molecule has 0 aliphatic heterocycles. The standard InChI is InChI=1S/C19H18N4O3S2/c1-4-23-9-20-17-13(18(23)25)10(3)15(28-17)16(24)22-19-21-14-11(26-5-2)7-6-8-12(14)27-19/h6-9H,4-5H2,1-3H3,(H,21,22,24). The molecule has 1 N–H and O–H groups in total. The molecular weight excluding hydrogens is 396 g/mol. The van der Waals surface area contributed by atoms with Crippen molar-refractivity contribution in [3.05, 3.63) is 45.3 Å². The minimum Gasteiger partial charge on any atom is -0.492 e. The average molecular weight is 415 g/mol. The first kappa shape index (κ1) is 18.6. The molecule has 0 saturated heterocycles. The number of nitrogens with zero attached hydrogens (tertiary/aromatic N) is 3. The highest BCUT2D eigenvalue weighted by atomic mass is 32.1. The van der Waals surface area contributed by atoms with E-state index >= 15 is 0 Å². The number of benzene rings is 1. The van der Waals surface area contributed by atoms with E-state index in [0.29, 0.717) is 44.7 Å². The van der Waals surface area contributed by atoms with Gasteiger partial charge in [-0.2, -0.15) is 0 Å². The molecule has 4 rings (SSSR count). The number of amides is 1. The van der Waals surface area contributed by atoms with E-state index in [1.807, 2.05) is 32.0 Å². The van der Waals surface area contributed by atoms with Crippen LogP contribution >= 0.6 is 22.7 Å². The molecule has 0 bridgehead atoms.